The predicted octanol–water partition coefficient (Wildman–Crippen LogP) is 4.88. The number of rotatable bonds is 31. The van der Waals surface area contributed by atoms with Gasteiger partial charge in [-0.15, -0.1) is 0 Å². The first kappa shape index (κ1) is 55.5. The molecule has 2 atom stereocenters. The Morgan fingerprint density at radius 3 is 1.88 bits per heavy atom. The Morgan fingerprint density at radius 1 is 0.687 bits per heavy atom. The molecule has 0 radical (unpaired) electrons. The molecule has 1 N–H and O–H groups in total. The van der Waals surface area contributed by atoms with Crippen molar-refractivity contribution in [1.82, 2.24) is 0 Å². The molecule has 0 spiro atoms. The molecule has 18 nitrogen and oxygen atoms in total. The highest BCUT2D eigenvalue weighted by Crippen LogP contribution is 2.51. The van der Waals surface area contributed by atoms with Gasteiger partial charge in [-0.2, -0.15) is 4.58 Å². The molecule has 372 valence electrons. The van der Waals surface area contributed by atoms with Gasteiger partial charge in [0, 0.05) is 80.5 Å². The number of nitrogens with zero attached hydrogens (tertiary/aromatic N) is 2. The summed E-state index contributed by atoms with van der Waals surface area (Å²) in [6.07, 6.45) is 14.7. The molecule has 4 rings (SSSR count). The minimum absolute atomic E-state index is 0.00391. The lowest BCUT2D eigenvalue weighted by molar-refractivity contribution is -0.438. The van der Waals surface area contributed by atoms with Crippen LogP contribution in [0, 0.1) is 0 Å². The van der Waals surface area contributed by atoms with Gasteiger partial charge in [-0.1, -0.05) is 30.4 Å². The van der Waals surface area contributed by atoms with E-state index in [1.54, 1.807) is 57.6 Å². The van der Waals surface area contributed by atoms with Crippen LogP contribution >= 0.6 is 0 Å². The summed E-state index contributed by atoms with van der Waals surface area (Å²) in [5, 5.41) is 9.13. The summed E-state index contributed by atoms with van der Waals surface area (Å²) in [6, 6.07) is 8.39. The number of unbranched alkanes of at least 4 members (excludes halogenated alkanes) is 2. The van der Waals surface area contributed by atoms with Crippen molar-refractivity contribution in [3.05, 3.63) is 95.8 Å². The first-order chi connectivity index (χ1) is 31.7. The van der Waals surface area contributed by atoms with E-state index in [9.17, 15) is 43.7 Å². The van der Waals surface area contributed by atoms with Gasteiger partial charge < -0.3 is 47.3 Å². The van der Waals surface area contributed by atoms with Crippen molar-refractivity contribution < 1.29 is 77.1 Å². The van der Waals surface area contributed by atoms with E-state index in [4.69, 9.17) is 28.8 Å². The molecule has 0 saturated heterocycles. The zero-order chi connectivity index (χ0) is 49.3. The highest BCUT2D eigenvalue weighted by atomic mass is 32.2. The topological polar surface area (TPSA) is 261 Å². The van der Waals surface area contributed by atoms with Crippen LogP contribution in [0.1, 0.15) is 69.9 Å². The Balaban J connectivity index is 1.64. The van der Waals surface area contributed by atoms with E-state index in [-0.39, 0.29) is 30.8 Å². The number of allylic oxidation sites excluding steroid dienone is 8. The molecule has 2 heterocycles. The molecule has 2 aliphatic rings. The highest BCUT2D eigenvalue weighted by molar-refractivity contribution is 7.86. The van der Waals surface area contributed by atoms with Gasteiger partial charge in [-0.05, 0) is 87.9 Å². The van der Waals surface area contributed by atoms with Crippen molar-refractivity contribution in [2.75, 3.05) is 90.8 Å². The third kappa shape index (κ3) is 16.0. The van der Waals surface area contributed by atoms with E-state index < -0.39 is 57.8 Å². The average molecular weight is 995 g/mol. The molecular weight excluding hydrogens is 933 g/mol. The Bertz CT molecular complexity index is 2500. The first-order valence-corrected chi connectivity index (χ1v) is 26.3. The van der Waals surface area contributed by atoms with Gasteiger partial charge in [0.15, 0.2) is 5.71 Å². The lowest BCUT2D eigenvalue weighted by atomic mass is 9.76. The summed E-state index contributed by atoms with van der Waals surface area (Å²) >= 11 is 0. The van der Waals surface area contributed by atoms with Crippen molar-refractivity contribution in [3.8, 4) is 0 Å². The lowest BCUT2D eigenvalue weighted by Gasteiger charge is -2.30. The van der Waals surface area contributed by atoms with Crippen LogP contribution in [0.15, 0.2) is 94.4 Å². The van der Waals surface area contributed by atoms with Gasteiger partial charge in [0.05, 0.1) is 71.6 Å². The molecule has 2 aromatic carbocycles. The minimum Gasteiger partial charge on any atom is -0.748 e. The van der Waals surface area contributed by atoms with E-state index >= 15 is 0 Å². The maximum absolute atomic E-state index is 12.2. The SMILES string of the molecule is COCCOCCOCCOCCC1(C)\C(=C/C=C/C=C/C=C/C2=[N+](CCCCCC(=O)O)c3ccc(S(=O)(=O)[O-])cc3C2(C)CCCS(=O)(=O)[O-])N(CCOC)c2ccc(S(=O)(=O)[O-])cc21. The van der Waals surface area contributed by atoms with Crippen LogP contribution in [0.5, 0.6) is 0 Å². The lowest BCUT2D eigenvalue weighted by Crippen LogP contribution is -2.32. The van der Waals surface area contributed by atoms with E-state index in [1.807, 2.05) is 28.6 Å². The summed E-state index contributed by atoms with van der Waals surface area (Å²) in [4.78, 5) is 12.4. The number of anilines is 1. The number of carboxylic acid groups (broad SMARTS) is 1. The van der Waals surface area contributed by atoms with Crippen molar-refractivity contribution in [2.45, 2.75) is 79.4 Å². The quantitative estimate of drug-likeness (QED) is 0.0456. The maximum Gasteiger partial charge on any atom is 0.303 e. The molecule has 2 unspecified atom stereocenters. The Morgan fingerprint density at radius 2 is 1.27 bits per heavy atom. The molecule has 0 saturated carbocycles. The molecule has 21 heteroatoms. The molecular formula is C46H62N2O16S3-2. The smallest absolute Gasteiger partial charge is 0.303 e. The predicted molar refractivity (Wildman–Crippen MR) is 247 cm³/mol. The monoisotopic (exact) mass is 994 g/mol. The summed E-state index contributed by atoms with van der Waals surface area (Å²) in [5.74, 6) is -1.56. The van der Waals surface area contributed by atoms with Gasteiger partial charge in [0.1, 0.15) is 26.8 Å². The third-order valence-electron chi connectivity index (χ3n) is 11.7. The number of carboxylic acids is 1. The summed E-state index contributed by atoms with van der Waals surface area (Å²) in [7, 11) is -11.0. The number of ether oxygens (including phenoxy) is 5. The van der Waals surface area contributed by atoms with Gasteiger partial charge in [-0.3, -0.25) is 4.79 Å². The largest absolute Gasteiger partial charge is 0.748 e. The second-order valence-corrected chi connectivity index (χ2v) is 20.7. The summed E-state index contributed by atoms with van der Waals surface area (Å²) in [6.45, 7) is 7.61. The Labute approximate surface area is 394 Å². The van der Waals surface area contributed by atoms with Crippen molar-refractivity contribution in [3.63, 3.8) is 0 Å². The second kappa shape index (κ2) is 25.5. The van der Waals surface area contributed by atoms with Crippen LogP contribution in [0.4, 0.5) is 11.4 Å². The summed E-state index contributed by atoms with van der Waals surface area (Å²) in [5.41, 5.74) is 2.08. The van der Waals surface area contributed by atoms with Crippen LogP contribution in [-0.4, -0.2) is 146 Å². The highest BCUT2D eigenvalue weighted by Gasteiger charge is 2.48. The standard InChI is InChI=1S/C46H64N2O16S3/c1-45(21-13-33-65(51,52)53)38-34-36(66(54,55)56)17-19-40(38)47(23-12-8-11-16-44(49)50)42(45)14-9-6-5-7-10-15-43-46(2,22-25-62-29-30-64-32-31-63-28-27-61-4)39-35-37(67(57,58)59)18-20-41(39)48(43)24-26-60-3/h5-7,9-10,14-15,17-20,34-35H,8,11-13,16,21-33H2,1-4H3,(H3-,49,50,51,52,53,54,55,56,57,58,59)/p-2. The molecule has 2 aliphatic heterocycles. The number of aliphatic carboxylic acids is 1. The van der Waals surface area contributed by atoms with Crippen molar-refractivity contribution in [2.24, 2.45) is 0 Å². The normalized spacial score (nSPS) is 19.5. The maximum atomic E-state index is 12.2. The van der Waals surface area contributed by atoms with E-state index in [2.05, 4.69) is 0 Å². The van der Waals surface area contributed by atoms with Crippen LogP contribution in [0.25, 0.3) is 0 Å². The fraction of sp³-hybridized carbons (Fsp3) is 0.522. The molecule has 67 heavy (non-hydrogen) atoms. The molecule has 0 bridgehead atoms. The van der Waals surface area contributed by atoms with Crippen LogP contribution in [-0.2, 0) is 69.7 Å². The molecule has 0 aliphatic carbocycles. The second-order valence-electron chi connectivity index (χ2n) is 16.4. The number of fused-ring (bicyclic) bond motifs is 2. The van der Waals surface area contributed by atoms with Crippen LogP contribution < -0.4 is 4.90 Å². The van der Waals surface area contributed by atoms with Crippen molar-refractivity contribution >= 4 is 53.4 Å². The van der Waals surface area contributed by atoms with Gasteiger partial charge >= 0.3 is 5.97 Å². The zero-order valence-corrected chi connectivity index (χ0v) is 40.9. The molecule has 2 aromatic rings. The number of benzene rings is 2. The first-order valence-electron chi connectivity index (χ1n) is 21.9. The van der Waals surface area contributed by atoms with Gasteiger partial charge in [-0.25, -0.2) is 25.3 Å². The fourth-order valence-corrected chi connectivity index (χ4v) is 9.83. The molecule has 0 aromatic heterocycles. The number of hydrogen-bond acceptors (Lipinski definition) is 16. The summed E-state index contributed by atoms with van der Waals surface area (Å²) < 4.78 is 137. The van der Waals surface area contributed by atoms with Gasteiger partial charge in [0.2, 0.25) is 5.69 Å². The average Bonchev–Trinajstić information content (AvgIpc) is 3.62. The van der Waals surface area contributed by atoms with E-state index in [1.165, 1.54) is 30.3 Å². The van der Waals surface area contributed by atoms with Crippen LogP contribution in [0.3, 0.4) is 0 Å². The number of methoxy groups -OCH3 is 2. The molecule has 0 fully saturated rings. The minimum atomic E-state index is -4.86. The van der Waals surface area contributed by atoms with Crippen molar-refractivity contribution in [1.29, 1.82) is 0 Å². The number of carbonyl (C=O) groups is 1. The van der Waals surface area contributed by atoms with Crippen LogP contribution in [0.2, 0.25) is 0 Å². The number of hydrogen-bond donors (Lipinski definition) is 1. The van der Waals surface area contributed by atoms with E-state index in [0.717, 1.165) is 11.4 Å². The fourth-order valence-electron chi connectivity index (χ4n) is 8.34. The van der Waals surface area contributed by atoms with Gasteiger partial charge in [0.25, 0.3) is 0 Å². The third-order valence-corrected chi connectivity index (χ3v) is 14.2. The Kier molecular flexibility index (Phi) is 21.1. The molecule has 0 amide bonds. The Hall–Kier alpha value is -4.13. The zero-order valence-electron chi connectivity index (χ0n) is 38.4. The van der Waals surface area contributed by atoms with E-state index in [0.29, 0.717) is 108 Å².